The number of carbonyl (C=O) groups excluding carboxylic acids is 1. The summed E-state index contributed by atoms with van der Waals surface area (Å²) in [6.07, 6.45) is 0.543. The fourth-order valence-electron chi connectivity index (χ4n) is 3.61. The van der Waals surface area contributed by atoms with Gasteiger partial charge in [0.15, 0.2) is 0 Å². The van der Waals surface area contributed by atoms with E-state index < -0.39 is 10.0 Å². The first-order valence-electron chi connectivity index (χ1n) is 10.7. The molecule has 0 saturated carbocycles. The molecule has 1 fully saturated rings. The SMILES string of the molecule is COc1ccc(CCNC(=O)c2cc(S(=O)(=O)N(C)C)ccc2N2CCOCC2)c(OC)c1. The highest BCUT2D eigenvalue weighted by Gasteiger charge is 2.24. The van der Waals surface area contributed by atoms with Crippen LogP contribution >= 0.6 is 0 Å². The molecule has 1 saturated heterocycles. The molecule has 9 nitrogen and oxygen atoms in total. The second-order valence-electron chi connectivity index (χ2n) is 7.75. The predicted molar refractivity (Wildman–Crippen MR) is 126 cm³/mol. The molecule has 1 aliphatic rings. The van der Waals surface area contributed by atoms with Crippen LogP contribution in [0.15, 0.2) is 41.3 Å². The van der Waals surface area contributed by atoms with Crippen molar-refractivity contribution in [2.24, 2.45) is 0 Å². The van der Waals surface area contributed by atoms with Crippen molar-refractivity contribution >= 4 is 21.6 Å². The van der Waals surface area contributed by atoms with Gasteiger partial charge in [-0.1, -0.05) is 6.07 Å². The Bertz CT molecular complexity index is 1080. The molecule has 2 aromatic carbocycles. The molecule has 0 aliphatic carbocycles. The van der Waals surface area contributed by atoms with Gasteiger partial charge in [-0.15, -0.1) is 0 Å². The summed E-state index contributed by atoms with van der Waals surface area (Å²) < 4.78 is 42.5. The maximum atomic E-state index is 13.2. The third-order valence-corrected chi connectivity index (χ3v) is 7.33. The van der Waals surface area contributed by atoms with E-state index in [9.17, 15) is 13.2 Å². The molecule has 0 bridgehead atoms. The van der Waals surface area contributed by atoms with E-state index in [2.05, 4.69) is 5.32 Å². The summed E-state index contributed by atoms with van der Waals surface area (Å²) in [5, 5.41) is 2.92. The number of amides is 1. The lowest BCUT2D eigenvalue weighted by atomic mass is 10.1. The van der Waals surface area contributed by atoms with E-state index >= 15 is 0 Å². The number of anilines is 1. The van der Waals surface area contributed by atoms with E-state index in [4.69, 9.17) is 14.2 Å². The number of hydrogen-bond donors (Lipinski definition) is 1. The van der Waals surface area contributed by atoms with Crippen LogP contribution in [0.25, 0.3) is 0 Å². The fourth-order valence-corrected chi connectivity index (χ4v) is 4.54. The lowest BCUT2D eigenvalue weighted by molar-refractivity contribution is 0.0952. The van der Waals surface area contributed by atoms with Crippen LogP contribution < -0.4 is 19.7 Å². The highest BCUT2D eigenvalue weighted by molar-refractivity contribution is 7.89. The van der Waals surface area contributed by atoms with Gasteiger partial charge in [0.1, 0.15) is 11.5 Å². The van der Waals surface area contributed by atoms with Gasteiger partial charge in [0.2, 0.25) is 10.0 Å². The van der Waals surface area contributed by atoms with Gasteiger partial charge in [0.25, 0.3) is 5.91 Å². The molecule has 1 amide bonds. The molecule has 0 atom stereocenters. The minimum absolute atomic E-state index is 0.0754. The number of methoxy groups -OCH3 is 2. The van der Waals surface area contributed by atoms with Crippen LogP contribution in [0.5, 0.6) is 11.5 Å². The van der Waals surface area contributed by atoms with Crippen molar-refractivity contribution < 1.29 is 27.4 Å². The van der Waals surface area contributed by atoms with Gasteiger partial charge in [-0.2, -0.15) is 0 Å². The van der Waals surface area contributed by atoms with E-state index in [-0.39, 0.29) is 10.8 Å². The van der Waals surface area contributed by atoms with E-state index in [1.54, 1.807) is 32.4 Å². The number of morpholine rings is 1. The van der Waals surface area contributed by atoms with Crippen LogP contribution in [0.2, 0.25) is 0 Å². The number of rotatable bonds is 9. The van der Waals surface area contributed by atoms with Crippen molar-refractivity contribution in [3.8, 4) is 11.5 Å². The molecule has 1 aliphatic heterocycles. The number of nitrogens with one attached hydrogen (secondary N) is 1. The Kier molecular flexibility index (Phi) is 8.17. The predicted octanol–water partition coefficient (Wildman–Crippen LogP) is 1.76. The lowest BCUT2D eigenvalue weighted by Gasteiger charge is -2.30. The molecular weight excluding hydrogens is 446 g/mol. The quantitative estimate of drug-likeness (QED) is 0.588. The fraction of sp³-hybridized carbons (Fsp3) is 0.435. The Hall–Kier alpha value is -2.82. The largest absolute Gasteiger partial charge is 0.497 e. The molecule has 0 radical (unpaired) electrons. The van der Waals surface area contributed by atoms with Crippen molar-refractivity contribution in [2.75, 3.05) is 66.1 Å². The molecule has 1 heterocycles. The number of hydrogen-bond acceptors (Lipinski definition) is 7. The Morgan fingerprint density at radius 3 is 2.45 bits per heavy atom. The molecule has 3 rings (SSSR count). The van der Waals surface area contributed by atoms with Crippen LogP contribution in [0.1, 0.15) is 15.9 Å². The number of sulfonamides is 1. The van der Waals surface area contributed by atoms with E-state index in [0.29, 0.717) is 62.0 Å². The zero-order valence-corrected chi connectivity index (χ0v) is 20.3. The Morgan fingerprint density at radius 2 is 1.82 bits per heavy atom. The van der Waals surface area contributed by atoms with E-state index in [0.717, 1.165) is 9.87 Å². The summed E-state index contributed by atoms with van der Waals surface area (Å²) in [5.74, 6) is 1.03. The summed E-state index contributed by atoms with van der Waals surface area (Å²) >= 11 is 0. The first-order chi connectivity index (χ1) is 15.8. The lowest BCUT2D eigenvalue weighted by Crippen LogP contribution is -2.38. The third-order valence-electron chi connectivity index (χ3n) is 5.52. The van der Waals surface area contributed by atoms with Crippen LogP contribution in [0.3, 0.4) is 0 Å². The summed E-state index contributed by atoms with van der Waals surface area (Å²) in [7, 11) is 2.43. The zero-order chi connectivity index (χ0) is 24.0. The van der Waals surface area contributed by atoms with Gasteiger partial charge in [0, 0.05) is 45.5 Å². The first-order valence-corrected chi connectivity index (χ1v) is 12.1. The van der Waals surface area contributed by atoms with Gasteiger partial charge >= 0.3 is 0 Å². The summed E-state index contributed by atoms with van der Waals surface area (Å²) in [6, 6.07) is 10.2. The highest BCUT2D eigenvalue weighted by Crippen LogP contribution is 2.27. The standard InChI is InChI=1S/C23H31N3O6S/c1-25(2)33(28,29)19-7-8-21(26-11-13-32-14-12-26)20(16-19)23(27)24-10-9-17-5-6-18(30-3)15-22(17)31-4/h5-8,15-16H,9-14H2,1-4H3,(H,24,27). The molecule has 2 aromatic rings. The second-order valence-corrected chi connectivity index (χ2v) is 9.90. The second kappa shape index (κ2) is 10.9. The number of carbonyl (C=O) groups is 1. The Morgan fingerprint density at radius 1 is 1.09 bits per heavy atom. The number of ether oxygens (including phenoxy) is 3. The molecular formula is C23H31N3O6S. The Labute approximate surface area is 195 Å². The number of benzene rings is 2. The number of nitrogens with zero attached hydrogens (tertiary/aromatic N) is 2. The molecule has 0 aromatic heterocycles. The third kappa shape index (κ3) is 5.76. The van der Waals surface area contributed by atoms with Gasteiger partial charge in [-0.05, 0) is 36.2 Å². The van der Waals surface area contributed by atoms with Crippen LogP contribution in [-0.2, 0) is 21.2 Å². The molecule has 0 spiro atoms. The average Bonchev–Trinajstić information content (AvgIpc) is 2.84. The van der Waals surface area contributed by atoms with Crippen LogP contribution in [-0.4, -0.2) is 79.8 Å². The van der Waals surface area contributed by atoms with Crippen LogP contribution in [0, 0.1) is 0 Å². The van der Waals surface area contributed by atoms with Gasteiger partial charge in [-0.25, -0.2) is 12.7 Å². The minimum atomic E-state index is -3.68. The normalized spacial score (nSPS) is 14.3. The van der Waals surface area contributed by atoms with Gasteiger partial charge in [-0.3, -0.25) is 4.79 Å². The van der Waals surface area contributed by atoms with E-state index in [1.165, 1.54) is 20.2 Å². The van der Waals surface area contributed by atoms with Crippen molar-refractivity contribution in [3.63, 3.8) is 0 Å². The summed E-state index contributed by atoms with van der Waals surface area (Å²) in [6.45, 7) is 2.72. The highest BCUT2D eigenvalue weighted by atomic mass is 32.2. The Balaban J connectivity index is 1.82. The average molecular weight is 478 g/mol. The summed E-state index contributed by atoms with van der Waals surface area (Å²) in [4.78, 5) is 15.3. The molecule has 33 heavy (non-hydrogen) atoms. The van der Waals surface area contributed by atoms with Gasteiger partial charge in [0.05, 0.1) is 37.9 Å². The van der Waals surface area contributed by atoms with E-state index in [1.807, 2.05) is 17.0 Å². The first kappa shape index (κ1) is 24.8. The van der Waals surface area contributed by atoms with Crippen LogP contribution in [0.4, 0.5) is 5.69 Å². The smallest absolute Gasteiger partial charge is 0.253 e. The van der Waals surface area contributed by atoms with Crippen molar-refractivity contribution in [3.05, 3.63) is 47.5 Å². The zero-order valence-electron chi connectivity index (χ0n) is 19.5. The minimum Gasteiger partial charge on any atom is -0.497 e. The van der Waals surface area contributed by atoms with Crippen molar-refractivity contribution in [1.29, 1.82) is 0 Å². The van der Waals surface area contributed by atoms with Gasteiger partial charge < -0.3 is 24.4 Å². The molecule has 10 heteroatoms. The van der Waals surface area contributed by atoms with Crippen molar-refractivity contribution in [2.45, 2.75) is 11.3 Å². The topological polar surface area (TPSA) is 97.4 Å². The maximum Gasteiger partial charge on any atom is 0.253 e. The summed E-state index contributed by atoms with van der Waals surface area (Å²) in [5.41, 5.74) is 1.94. The monoisotopic (exact) mass is 477 g/mol. The van der Waals surface area contributed by atoms with Crippen molar-refractivity contribution in [1.82, 2.24) is 9.62 Å². The molecule has 0 unspecified atom stereocenters. The molecule has 180 valence electrons. The molecule has 1 N–H and O–H groups in total. The maximum absolute atomic E-state index is 13.2.